The van der Waals surface area contributed by atoms with Gasteiger partial charge in [-0.1, -0.05) is 60.7 Å². The molecule has 1 fully saturated rings. The number of esters is 1. The van der Waals surface area contributed by atoms with Crippen LogP contribution in [0.1, 0.15) is 66.6 Å². The van der Waals surface area contributed by atoms with Gasteiger partial charge in [0.1, 0.15) is 11.8 Å². The summed E-state index contributed by atoms with van der Waals surface area (Å²) < 4.78 is 17.6. The van der Waals surface area contributed by atoms with E-state index in [0.29, 0.717) is 38.2 Å². The Kier molecular flexibility index (Phi) is 9.18. The zero-order valence-electron chi connectivity index (χ0n) is 24.5. The largest absolute Gasteiger partial charge is 0.462 e. The Bertz CT molecular complexity index is 1500. The number of benzene rings is 3. The van der Waals surface area contributed by atoms with Gasteiger partial charge < -0.3 is 14.2 Å². The summed E-state index contributed by atoms with van der Waals surface area (Å²) in [6.45, 7) is 6.89. The lowest BCUT2D eigenvalue weighted by Gasteiger charge is -2.39. The van der Waals surface area contributed by atoms with E-state index in [1.165, 1.54) is 17.1 Å². The summed E-state index contributed by atoms with van der Waals surface area (Å²) in [7, 11) is 0. The van der Waals surface area contributed by atoms with Crippen molar-refractivity contribution in [3.63, 3.8) is 0 Å². The number of hydrogen-bond donors (Lipinski definition) is 0. The van der Waals surface area contributed by atoms with E-state index in [-0.39, 0.29) is 18.0 Å². The molecule has 3 aromatic carbocycles. The molecular formula is C35H38N2O5. The van der Waals surface area contributed by atoms with Crippen LogP contribution in [0.5, 0.6) is 0 Å². The molecule has 2 atom stereocenters. The van der Waals surface area contributed by atoms with Crippen LogP contribution >= 0.6 is 0 Å². The fraction of sp³-hybridized carbons (Fsp3) is 0.343. The monoisotopic (exact) mass is 566 g/mol. The van der Waals surface area contributed by atoms with E-state index in [1.54, 1.807) is 23.2 Å². The van der Waals surface area contributed by atoms with E-state index in [4.69, 9.17) is 14.2 Å². The predicted octanol–water partition coefficient (Wildman–Crippen LogP) is 7.29. The predicted molar refractivity (Wildman–Crippen MR) is 162 cm³/mol. The highest BCUT2D eigenvalue weighted by Crippen LogP contribution is 2.34. The Morgan fingerprint density at radius 1 is 0.929 bits per heavy atom. The molecule has 7 nitrogen and oxygen atoms in total. The average Bonchev–Trinajstić information content (AvgIpc) is 2.99. The number of aromatic nitrogens is 1. The lowest BCUT2D eigenvalue weighted by Crippen LogP contribution is -2.48. The molecule has 2 unspecified atom stereocenters. The number of hydrogen-bond acceptors (Lipinski definition) is 6. The SMILES string of the molecule is CC(C)(C)OC(=O)N1CCC(c2ccc(CCOC(=O)c3cccnc3)cc2)CC1OCc1ccc2ccccc2c1. The number of likely N-dealkylation sites (tertiary alicyclic amines) is 1. The van der Waals surface area contributed by atoms with E-state index in [1.807, 2.05) is 32.9 Å². The standard InChI is InChI=1S/C35H38N2O5/c1-35(2,3)42-34(39)37-19-16-30(22-32(37)41-24-26-12-15-27-7-4-5-8-29(27)21-26)28-13-10-25(11-14-28)17-20-40-33(38)31-9-6-18-36-23-31/h4-15,18,21,23,30,32H,16-17,19-20,22,24H2,1-3H3. The maximum absolute atomic E-state index is 13.1. The third-order valence-corrected chi connectivity index (χ3v) is 7.41. The highest BCUT2D eigenvalue weighted by atomic mass is 16.6. The number of pyridine rings is 1. The molecule has 0 aliphatic carbocycles. The minimum Gasteiger partial charge on any atom is -0.462 e. The first-order valence-electron chi connectivity index (χ1n) is 14.5. The second kappa shape index (κ2) is 13.2. The van der Waals surface area contributed by atoms with E-state index < -0.39 is 11.8 Å². The molecule has 218 valence electrons. The summed E-state index contributed by atoms with van der Waals surface area (Å²) in [6, 6.07) is 26.4. The van der Waals surface area contributed by atoms with Crippen molar-refractivity contribution in [2.24, 2.45) is 0 Å². The summed E-state index contributed by atoms with van der Waals surface area (Å²) >= 11 is 0. The lowest BCUT2D eigenvalue weighted by atomic mass is 9.88. The summed E-state index contributed by atoms with van der Waals surface area (Å²) in [6.07, 6.45) is 4.49. The van der Waals surface area contributed by atoms with E-state index in [9.17, 15) is 9.59 Å². The number of nitrogens with zero attached hydrogens (tertiary/aromatic N) is 2. The van der Waals surface area contributed by atoms with Crippen molar-refractivity contribution in [2.45, 2.75) is 64.4 Å². The second-order valence-corrected chi connectivity index (χ2v) is 11.7. The molecule has 1 aromatic heterocycles. The Hall–Kier alpha value is -4.23. The van der Waals surface area contributed by atoms with E-state index >= 15 is 0 Å². The third kappa shape index (κ3) is 7.74. The van der Waals surface area contributed by atoms with Gasteiger partial charge in [-0.15, -0.1) is 0 Å². The fourth-order valence-electron chi connectivity index (χ4n) is 5.22. The summed E-state index contributed by atoms with van der Waals surface area (Å²) in [5.41, 5.74) is 3.22. The first-order valence-corrected chi connectivity index (χ1v) is 14.5. The smallest absolute Gasteiger partial charge is 0.412 e. The van der Waals surface area contributed by atoms with Crippen molar-refractivity contribution in [1.82, 2.24) is 9.88 Å². The first-order chi connectivity index (χ1) is 20.2. The number of carbonyl (C=O) groups excluding carboxylic acids is 2. The average molecular weight is 567 g/mol. The van der Waals surface area contributed by atoms with Crippen molar-refractivity contribution in [3.05, 3.63) is 114 Å². The van der Waals surface area contributed by atoms with Crippen molar-refractivity contribution in [1.29, 1.82) is 0 Å². The van der Waals surface area contributed by atoms with Crippen LogP contribution in [0.25, 0.3) is 10.8 Å². The highest BCUT2D eigenvalue weighted by molar-refractivity contribution is 5.88. The molecule has 7 heteroatoms. The number of rotatable bonds is 8. The Morgan fingerprint density at radius 3 is 2.43 bits per heavy atom. The van der Waals surface area contributed by atoms with Gasteiger partial charge in [-0.3, -0.25) is 9.88 Å². The summed E-state index contributed by atoms with van der Waals surface area (Å²) in [5, 5.41) is 2.35. The molecule has 0 radical (unpaired) electrons. The molecule has 0 N–H and O–H groups in total. The number of carbonyl (C=O) groups is 2. The first kappa shape index (κ1) is 29.3. The zero-order valence-corrected chi connectivity index (χ0v) is 24.5. The summed E-state index contributed by atoms with van der Waals surface area (Å²) in [5.74, 6) is -0.131. The number of fused-ring (bicyclic) bond motifs is 1. The second-order valence-electron chi connectivity index (χ2n) is 11.7. The molecule has 1 amide bonds. The highest BCUT2D eigenvalue weighted by Gasteiger charge is 2.35. The molecule has 1 aliphatic rings. The van der Waals surface area contributed by atoms with Gasteiger partial charge in [0.15, 0.2) is 0 Å². The maximum atomic E-state index is 13.1. The van der Waals surface area contributed by atoms with E-state index in [0.717, 1.165) is 22.9 Å². The number of piperidine rings is 1. The van der Waals surface area contributed by atoms with Crippen LogP contribution in [-0.4, -0.2) is 46.9 Å². The molecule has 0 saturated carbocycles. The van der Waals surface area contributed by atoms with Crippen LogP contribution in [-0.2, 0) is 27.2 Å². The van der Waals surface area contributed by atoms with E-state index in [2.05, 4.69) is 59.6 Å². The normalized spacial score (nSPS) is 17.2. The molecule has 0 spiro atoms. The third-order valence-electron chi connectivity index (χ3n) is 7.41. The minimum absolute atomic E-state index is 0.239. The van der Waals surface area contributed by atoms with Crippen molar-refractivity contribution in [2.75, 3.05) is 13.2 Å². The molecular weight excluding hydrogens is 528 g/mol. The molecule has 1 aliphatic heterocycles. The number of ether oxygens (including phenoxy) is 3. The number of amides is 1. The Labute approximate surface area is 247 Å². The minimum atomic E-state index is -0.584. The van der Waals surface area contributed by atoms with Gasteiger partial charge in [0.2, 0.25) is 0 Å². The zero-order chi connectivity index (χ0) is 29.5. The Morgan fingerprint density at radius 2 is 1.69 bits per heavy atom. The summed E-state index contributed by atoms with van der Waals surface area (Å²) in [4.78, 5) is 31.0. The molecule has 1 saturated heterocycles. The van der Waals surface area contributed by atoms with Crippen LogP contribution in [0.3, 0.4) is 0 Å². The van der Waals surface area contributed by atoms with Crippen molar-refractivity contribution < 1.29 is 23.8 Å². The lowest BCUT2D eigenvalue weighted by molar-refractivity contribution is -0.0937. The van der Waals surface area contributed by atoms with Crippen molar-refractivity contribution >= 4 is 22.8 Å². The quantitative estimate of drug-likeness (QED) is 0.208. The van der Waals surface area contributed by atoms with Gasteiger partial charge in [0.25, 0.3) is 0 Å². The van der Waals surface area contributed by atoms with Gasteiger partial charge >= 0.3 is 12.1 Å². The topological polar surface area (TPSA) is 78.0 Å². The van der Waals surface area contributed by atoms with Crippen LogP contribution in [0.15, 0.2) is 91.3 Å². The van der Waals surface area contributed by atoms with Gasteiger partial charge in [0, 0.05) is 25.4 Å². The van der Waals surface area contributed by atoms with Crippen LogP contribution in [0.4, 0.5) is 4.79 Å². The molecule has 4 aromatic rings. The van der Waals surface area contributed by atoms with Gasteiger partial charge in [0.05, 0.1) is 18.8 Å². The Balaban J connectivity index is 1.22. The van der Waals surface area contributed by atoms with Crippen LogP contribution < -0.4 is 0 Å². The molecule has 0 bridgehead atoms. The van der Waals surface area contributed by atoms with Gasteiger partial charge in [-0.25, -0.2) is 9.59 Å². The van der Waals surface area contributed by atoms with Crippen LogP contribution in [0, 0.1) is 0 Å². The molecule has 5 rings (SSSR count). The van der Waals surface area contributed by atoms with Crippen LogP contribution in [0.2, 0.25) is 0 Å². The molecule has 42 heavy (non-hydrogen) atoms. The fourth-order valence-corrected chi connectivity index (χ4v) is 5.22. The van der Waals surface area contributed by atoms with Gasteiger partial charge in [-0.05, 0) is 85.2 Å². The van der Waals surface area contributed by atoms with Crippen molar-refractivity contribution in [3.8, 4) is 0 Å². The van der Waals surface area contributed by atoms with Gasteiger partial charge in [-0.2, -0.15) is 0 Å². The molecule has 2 heterocycles. The maximum Gasteiger partial charge on any atom is 0.412 e.